The van der Waals surface area contributed by atoms with Gasteiger partial charge in [0.1, 0.15) is 6.04 Å². The Morgan fingerprint density at radius 2 is 1.80 bits per heavy atom. The van der Waals surface area contributed by atoms with Crippen molar-refractivity contribution in [3.8, 4) is 6.07 Å². The summed E-state index contributed by atoms with van der Waals surface area (Å²) in [5.74, 6) is 0. The molecule has 1 unspecified atom stereocenters. The first-order valence-electron chi connectivity index (χ1n) is 5.57. The lowest BCUT2D eigenvalue weighted by Crippen LogP contribution is -2.09. The zero-order valence-corrected chi connectivity index (χ0v) is 13.9. The average molecular weight is 390 g/mol. The largest absolute Gasteiger partial charge is 0.366 e. The third kappa shape index (κ3) is 3.59. The lowest BCUT2D eigenvalue weighted by molar-refractivity contribution is 0.998. The number of nitriles is 1. The number of nitrogens with zero attached hydrogens (tertiary/aromatic N) is 1. The molecule has 2 aromatic rings. The van der Waals surface area contributed by atoms with E-state index in [9.17, 15) is 5.26 Å². The molecule has 0 aliphatic rings. The molecule has 0 heterocycles. The summed E-state index contributed by atoms with van der Waals surface area (Å²) in [5.41, 5.74) is 1.43. The van der Waals surface area contributed by atoms with E-state index >= 15 is 0 Å². The van der Waals surface area contributed by atoms with Crippen molar-refractivity contribution in [2.75, 3.05) is 5.32 Å². The monoisotopic (exact) mass is 388 g/mol. The Morgan fingerprint density at radius 3 is 2.40 bits per heavy atom. The standard InChI is InChI=1S/C14H8BrCl3N2/c15-11-6-9(2-4-12(11)17)20-14(7-19)10-3-1-8(16)5-13(10)18/h1-6,14,20H. The van der Waals surface area contributed by atoms with Crippen molar-refractivity contribution in [2.45, 2.75) is 6.04 Å². The van der Waals surface area contributed by atoms with Gasteiger partial charge < -0.3 is 5.32 Å². The maximum absolute atomic E-state index is 9.32. The molecule has 102 valence electrons. The van der Waals surface area contributed by atoms with Crippen LogP contribution in [0.25, 0.3) is 0 Å². The molecule has 2 nitrogen and oxygen atoms in total. The van der Waals surface area contributed by atoms with E-state index in [2.05, 4.69) is 27.3 Å². The molecule has 1 atom stereocenters. The van der Waals surface area contributed by atoms with E-state index in [1.807, 2.05) is 0 Å². The second-order valence-corrected chi connectivity index (χ2v) is 6.11. The van der Waals surface area contributed by atoms with Gasteiger partial charge in [-0.15, -0.1) is 0 Å². The lowest BCUT2D eigenvalue weighted by atomic mass is 10.1. The normalized spacial score (nSPS) is 11.8. The quantitative estimate of drug-likeness (QED) is 0.689. The van der Waals surface area contributed by atoms with Gasteiger partial charge in [0.15, 0.2) is 0 Å². The van der Waals surface area contributed by atoms with E-state index in [0.29, 0.717) is 20.6 Å². The van der Waals surface area contributed by atoms with E-state index in [1.54, 1.807) is 36.4 Å². The molecule has 20 heavy (non-hydrogen) atoms. The summed E-state index contributed by atoms with van der Waals surface area (Å²) in [4.78, 5) is 0. The molecule has 0 saturated heterocycles. The van der Waals surface area contributed by atoms with Crippen LogP contribution in [0, 0.1) is 11.3 Å². The van der Waals surface area contributed by atoms with Crippen LogP contribution in [0.5, 0.6) is 0 Å². The zero-order chi connectivity index (χ0) is 14.7. The lowest BCUT2D eigenvalue weighted by Gasteiger charge is -2.15. The highest BCUT2D eigenvalue weighted by atomic mass is 79.9. The van der Waals surface area contributed by atoms with E-state index < -0.39 is 6.04 Å². The summed E-state index contributed by atoms with van der Waals surface area (Å²) in [6, 6.07) is 12.0. The Labute approximate surface area is 140 Å². The molecule has 0 fully saturated rings. The molecule has 1 N–H and O–H groups in total. The summed E-state index contributed by atoms with van der Waals surface area (Å²) in [7, 11) is 0. The first kappa shape index (κ1) is 15.5. The van der Waals surface area contributed by atoms with Crippen molar-refractivity contribution in [2.24, 2.45) is 0 Å². The molecule has 0 radical (unpaired) electrons. The van der Waals surface area contributed by atoms with Gasteiger partial charge in [-0.05, 0) is 46.3 Å². The summed E-state index contributed by atoms with van der Waals surface area (Å²) >= 11 is 21.2. The minimum Gasteiger partial charge on any atom is -0.366 e. The van der Waals surface area contributed by atoms with E-state index in [1.165, 1.54) is 0 Å². The first-order chi connectivity index (χ1) is 9.51. The molecule has 0 aliphatic heterocycles. The predicted molar refractivity (Wildman–Crippen MR) is 87.6 cm³/mol. The SMILES string of the molecule is N#CC(Nc1ccc(Cl)c(Br)c1)c1ccc(Cl)cc1Cl. The molecule has 0 saturated carbocycles. The van der Waals surface area contributed by atoms with Crippen LogP contribution in [-0.4, -0.2) is 0 Å². The van der Waals surface area contributed by atoms with Gasteiger partial charge in [0, 0.05) is 25.8 Å². The van der Waals surface area contributed by atoms with Crippen LogP contribution in [0.15, 0.2) is 40.9 Å². The number of hydrogen-bond donors (Lipinski definition) is 1. The highest BCUT2D eigenvalue weighted by Crippen LogP contribution is 2.31. The van der Waals surface area contributed by atoms with E-state index in [4.69, 9.17) is 34.8 Å². The fraction of sp³-hybridized carbons (Fsp3) is 0.0714. The number of anilines is 1. The minimum atomic E-state index is -0.576. The molecular formula is C14H8BrCl3N2. The average Bonchev–Trinajstić information content (AvgIpc) is 2.41. The van der Waals surface area contributed by atoms with Crippen molar-refractivity contribution in [3.05, 3.63) is 61.5 Å². The van der Waals surface area contributed by atoms with Gasteiger partial charge in [-0.1, -0.05) is 40.9 Å². The Bertz CT molecular complexity index is 683. The molecule has 0 aliphatic carbocycles. The zero-order valence-electron chi connectivity index (χ0n) is 10.0. The summed E-state index contributed by atoms with van der Waals surface area (Å²) in [6.45, 7) is 0. The van der Waals surface area contributed by atoms with Gasteiger partial charge in [-0.25, -0.2) is 0 Å². The van der Waals surface area contributed by atoms with Gasteiger partial charge in [-0.2, -0.15) is 5.26 Å². The Kier molecular flexibility index (Phi) is 5.17. The number of hydrogen-bond acceptors (Lipinski definition) is 2. The fourth-order valence-electron chi connectivity index (χ4n) is 1.67. The second-order valence-electron chi connectivity index (χ2n) is 4.00. The predicted octanol–water partition coefficient (Wildman–Crippen LogP) is 6.09. The third-order valence-electron chi connectivity index (χ3n) is 2.63. The number of nitrogens with one attached hydrogen (secondary N) is 1. The maximum Gasteiger partial charge on any atom is 0.141 e. The Hall–Kier alpha value is -0.920. The van der Waals surface area contributed by atoms with Crippen LogP contribution in [0.3, 0.4) is 0 Å². The number of benzene rings is 2. The first-order valence-corrected chi connectivity index (χ1v) is 7.50. The highest BCUT2D eigenvalue weighted by Gasteiger charge is 2.14. The maximum atomic E-state index is 9.32. The number of rotatable bonds is 3. The molecule has 2 rings (SSSR count). The molecule has 0 spiro atoms. The summed E-state index contributed by atoms with van der Waals surface area (Å²) in [6.07, 6.45) is 0. The summed E-state index contributed by atoms with van der Waals surface area (Å²) in [5, 5.41) is 14.0. The number of halogens is 4. The van der Waals surface area contributed by atoms with Gasteiger partial charge in [0.05, 0.1) is 11.1 Å². The minimum absolute atomic E-state index is 0.449. The van der Waals surface area contributed by atoms with Crippen LogP contribution in [0.2, 0.25) is 15.1 Å². The molecular weight excluding hydrogens is 382 g/mol. The van der Waals surface area contributed by atoms with Crippen molar-refractivity contribution in [1.82, 2.24) is 0 Å². The molecule has 6 heteroatoms. The van der Waals surface area contributed by atoms with Crippen molar-refractivity contribution in [3.63, 3.8) is 0 Å². The Morgan fingerprint density at radius 1 is 1.05 bits per heavy atom. The topological polar surface area (TPSA) is 35.8 Å². The smallest absolute Gasteiger partial charge is 0.141 e. The van der Waals surface area contributed by atoms with Crippen LogP contribution >= 0.6 is 50.7 Å². The third-order valence-corrected chi connectivity index (χ3v) is 4.41. The van der Waals surface area contributed by atoms with Crippen LogP contribution in [0.4, 0.5) is 5.69 Å². The van der Waals surface area contributed by atoms with Crippen LogP contribution in [0.1, 0.15) is 11.6 Å². The van der Waals surface area contributed by atoms with Crippen molar-refractivity contribution in [1.29, 1.82) is 5.26 Å². The molecule has 0 bridgehead atoms. The van der Waals surface area contributed by atoms with Crippen molar-refractivity contribution < 1.29 is 0 Å². The van der Waals surface area contributed by atoms with Gasteiger partial charge >= 0.3 is 0 Å². The fourth-order valence-corrected chi connectivity index (χ4v) is 2.68. The Balaban J connectivity index is 2.29. The molecule has 2 aromatic carbocycles. The van der Waals surface area contributed by atoms with Crippen LogP contribution in [-0.2, 0) is 0 Å². The van der Waals surface area contributed by atoms with Crippen molar-refractivity contribution >= 4 is 56.4 Å². The highest BCUT2D eigenvalue weighted by molar-refractivity contribution is 9.10. The summed E-state index contributed by atoms with van der Waals surface area (Å²) < 4.78 is 0.753. The van der Waals surface area contributed by atoms with E-state index in [-0.39, 0.29) is 0 Å². The molecule has 0 aromatic heterocycles. The van der Waals surface area contributed by atoms with E-state index in [0.717, 1.165) is 10.2 Å². The van der Waals surface area contributed by atoms with Gasteiger partial charge in [0.2, 0.25) is 0 Å². The van der Waals surface area contributed by atoms with Gasteiger partial charge in [-0.3, -0.25) is 0 Å². The second kappa shape index (κ2) is 6.69. The molecule has 0 amide bonds. The van der Waals surface area contributed by atoms with Gasteiger partial charge in [0.25, 0.3) is 0 Å². The van der Waals surface area contributed by atoms with Crippen LogP contribution < -0.4 is 5.32 Å².